The molecule has 4 heteroatoms. The summed E-state index contributed by atoms with van der Waals surface area (Å²) in [6, 6.07) is 3.98. The van der Waals surface area contributed by atoms with Gasteiger partial charge in [-0.25, -0.2) is 14.6 Å². The topological polar surface area (TPSA) is 43.6 Å². The molecule has 0 unspecified atom stereocenters. The predicted molar refractivity (Wildman–Crippen MR) is 57.7 cm³/mol. The molecule has 2 aromatic rings. The molecular formula is C11H12N4. The Labute approximate surface area is 88.3 Å². The van der Waals surface area contributed by atoms with Crippen LogP contribution in [-0.2, 0) is 6.42 Å². The Balaban J connectivity index is 2.17. The van der Waals surface area contributed by atoms with Crippen molar-refractivity contribution >= 4 is 0 Å². The van der Waals surface area contributed by atoms with Crippen molar-refractivity contribution < 1.29 is 0 Å². The molecule has 0 spiro atoms. The van der Waals surface area contributed by atoms with Crippen molar-refractivity contribution in [1.82, 2.24) is 19.7 Å². The first kappa shape index (κ1) is 9.58. The first-order valence-electron chi connectivity index (χ1n) is 4.81. The van der Waals surface area contributed by atoms with E-state index in [1.807, 2.05) is 31.3 Å². The van der Waals surface area contributed by atoms with Gasteiger partial charge in [0.15, 0.2) is 5.82 Å². The highest BCUT2D eigenvalue weighted by atomic mass is 15.3. The fraction of sp³-hybridized carbons (Fsp3) is 0.182. The zero-order chi connectivity index (χ0) is 10.5. The number of aromatic nitrogens is 4. The molecule has 0 saturated heterocycles. The summed E-state index contributed by atoms with van der Waals surface area (Å²) in [5.41, 5.74) is 1.19. The Morgan fingerprint density at radius 3 is 2.93 bits per heavy atom. The Bertz CT molecular complexity index is 428. The minimum Gasteiger partial charge on any atom is -0.237 e. The molecule has 2 aromatic heterocycles. The van der Waals surface area contributed by atoms with E-state index in [0.29, 0.717) is 0 Å². The molecule has 0 aliphatic rings. The summed E-state index contributed by atoms with van der Waals surface area (Å²) < 4.78 is 1.64. The fourth-order valence-electron chi connectivity index (χ4n) is 1.25. The lowest BCUT2D eigenvalue weighted by atomic mass is 10.2. The van der Waals surface area contributed by atoms with Gasteiger partial charge in [0, 0.05) is 6.20 Å². The maximum Gasteiger partial charge on any atom is 0.155 e. The van der Waals surface area contributed by atoms with Gasteiger partial charge in [-0.3, -0.25) is 0 Å². The summed E-state index contributed by atoms with van der Waals surface area (Å²) in [5.74, 6) is 0.789. The molecule has 0 radical (unpaired) electrons. The summed E-state index contributed by atoms with van der Waals surface area (Å²) in [7, 11) is 0. The average molecular weight is 200 g/mol. The number of hydrogen-bond acceptors (Lipinski definition) is 3. The molecule has 2 heterocycles. The zero-order valence-corrected chi connectivity index (χ0v) is 8.54. The van der Waals surface area contributed by atoms with Gasteiger partial charge in [0.1, 0.15) is 12.7 Å². The SMILES string of the molecule is C/C=C\Cc1ccc(-n2cncn2)nc1. The second-order valence-electron chi connectivity index (χ2n) is 3.14. The molecule has 2 rings (SSSR count). The number of hydrogen-bond donors (Lipinski definition) is 0. The van der Waals surface area contributed by atoms with Gasteiger partial charge in [0.2, 0.25) is 0 Å². The van der Waals surface area contributed by atoms with Crippen LogP contribution >= 0.6 is 0 Å². The second-order valence-corrected chi connectivity index (χ2v) is 3.14. The number of allylic oxidation sites excluding steroid dienone is 2. The number of pyridine rings is 1. The Hall–Kier alpha value is -1.97. The van der Waals surface area contributed by atoms with Crippen molar-refractivity contribution in [3.05, 3.63) is 48.7 Å². The molecular weight excluding hydrogens is 188 g/mol. The van der Waals surface area contributed by atoms with Crippen LogP contribution in [-0.4, -0.2) is 19.7 Å². The molecule has 4 nitrogen and oxygen atoms in total. The van der Waals surface area contributed by atoms with Crippen LogP contribution in [0.5, 0.6) is 0 Å². The molecule has 0 N–H and O–H groups in total. The monoisotopic (exact) mass is 200 g/mol. The molecule has 0 fully saturated rings. The van der Waals surface area contributed by atoms with E-state index >= 15 is 0 Å². The highest BCUT2D eigenvalue weighted by molar-refractivity contribution is 5.24. The van der Waals surface area contributed by atoms with Crippen molar-refractivity contribution in [2.75, 3.05) is 0 Å². The van der Waals surface area contributed by atoms with Crippen molar-refractivity contribution in [3.8, 4) is 5.82 Å². The van der Waals surface area contributed by atoms with E-state index in [1.54, 1.807) is 11.0 Å². The third kappa shape index (κ3) is 2.28. The van der Waals surface area contributed by atoms with Gasteiger partial charge in [0.05, 0.1) is 0 Å². The first-order valence-corrected chi connectivity index (χ1v) is 4.81. The summed E-state index contributed by atoms with van der Waals surface area (Å²) >= 11 is 0. The van der Waals surface area contributed by atoms with E-state index in [1.165, 1.54) is 11.9 Å². The lowest BCUT2D eigenvalue weighted by molar-refractivity contribution is 0.843. The van der Waals surface area contributed by atoms with Crippen molar-refractivity contribution in [3.63, 3.8) is 0 Å². The largest absolute Gasteiger partial charge is 0.237 e. The van der Waals surface area contributed by atoms with Gasteiger partial charge in [-0.2, -0.15) is 5.10 Å². The summed E-state index contributed by atoms with van der Waals surface area (Å²) in [4.78, 5) is 8.17. The fourth-order valence-corrected chi connectivity index (χ4v) is 1.25. The molecule has 0 bridgehead atoms. The molecule has 76 valence electrons. The molecule has 0 amide bonds. The van der Waals surface area contributed by atoms with E-state index in [0.717, 1.165) is 12.2 Å². The zero-order valence-electron chi connectivity index (χ0n) is 8.54. The van der Waals surface area contributed by atoms with Gasteiger partial charge in [-0.05, 0) is 25.0 Å². The molecule has 15 heavy (non-hydrogen) atoms. The second kappa shape index (κ2) is 4.50. The van der Waals surface area contributed by atoms with Gasteiger partial charge in [-0.15, -0.1) is 0 Å². The average Bonchev–Trinajstić information content (AvgIpc) is 2.80. The lowest BCUT2D eigenvalue weighted by Gasteiger charge is -2.00. The standard InChI is InChI=1S/C11H12N4/c1-2-3-4-10-5-6-11(13-7-10)15-9-12-8-14-15/h2-3,5-9H,4H2,1H3/b3-2-. The third-order valence-corrected chi connectivity index (χ3v) is 2.05. The quantitative estimate of drug-likeness (QED) is 0.709. The predicted octanol–water partition coefficient (Wildman–Crippen LogP) is 1.78. The van der Waals surface area contributed by atoms with Gasteiger partial charge in [0.25, 0.3) is 0 Å². The maximum atomic E-state index is 4.30. The molecule has 0 saturated carbocycles. The molecule has 0 aliphatic carbocycles. The highest BCUT2D eigenvalue weighted by Gasteiger charge is 1.97. The van der Waals surface area contributed by atoms with E-state index in [9.17, 15) is 0 Å². The van der Waals surface area contributed by atoms with Gasteiger partial charge >= 0.3 is 0 Å². The van der Waals surface area contributed by atoms with Crippen LogP contribution < -0.4 is 0 Å². The van der Waals surface area contributed by atoms with Crippen LogP contribution in [0.1, 0.15) is 12.5 Å². The van der Waals surface area contributed by atoms with Crippen molar-refractivity contribution in [1.29, 1.82) is 0 Å². The smallest absolute Gasteiger partial charge is 0.155 e. The summed E-state index contributed by atoms with van der Waals surface area (Å²) in [6.45, 7) is 2.01. The lowest BCUT2D eigenvalue weighted by Crippen LogP contribution is -1.97. The Morgan fingerprint density at radius 1 is 1.40 bits per heavy atom. The van der Waals surface area contributed by atoms with Crippen LogP contribution in [0.4, 0.5) is 0 Å². The molecule has 0 aliphatic heterocycles. The number of nitrogens with zero attached hydrogens (tertiary/aromatic N) is 4. The minimum atomic E-state index is 0.789. The maximum absolute atomic E-state index is 4.30. The molecule has 0 atom stereocenters. The van der Waals surface area contributed by atoms with Crippen LogP contribution in [0.3, 0.4) is 0 Å². The van der Waals surface area contributed by atoms with Crippen LogP contribution in [0, 0.1) is 0 Å². The van der Waals surface area contributed by atoms with Gasteiger partial charge < -0.3 is 0 Å². The third-order valence-electron chi connectivity index (χ3n) is 2.05. The van der Waals surface area contributed by atoms with Crippen LogP contribution in [0.15, 0.2) is 43.1 Å². The summed E-state index contributed by atoms with van der Waals surface area (Å²) in [6.07, 6.45) is 10.0. The van der Waals surface area contributed by atoms with Crippen LogP contribution in [0.25, 0.3) is 5.82 Å². The first-order chi connectivity index (χ1) is 7.40. The minimum absolute atomic E-state index is 0.789. The van der Waals surface area contributed by atoms with E-state index in [2.05, 4.69) is 21.1 Å². The van der Waals surface area contributed by atoms with Gasteiger partial charge in [-0.1, -0.05) is 18.2 Å². The van der Waals surface area contributed by atoms with Crippen molar-refractivity contribution in [2.24, 2.45) is 0 Å². The summed E-state index contributed by atoms with van der Waals surface area (Å²) in [5, 5.41) is 4.01. The Morgan fingerprint density at radius 2 is 2.33 bits per heavy atom. The highest BCUT2D eigenvalue weighted by Crippen LogP contribution is 2.04. The number of rotatable bonds is 3. The normalized spacial score (nSPS) is 11.0. The van der Waals surface area contributed by atoms with E-state index in [-0.39, 0.29) is 0 Å². The van der Waals surface area contributed by atoms with Crippen molar-refractivity contribution in [2.45, 2.75) is 13.3 Å². The van der Waals surface area contributed by atoms with Crippen LogP contribution in [0.2, 0.25) is 0 Å². The van der Waals surface area contributed by atoms with E-state index < -0.39 is 0 Å². The Kier molecular flexibility index (Phi) is 2.88. The van der Waals surface area contributed by atoms with E-state index in [4.69, 9.17) is 0 Å². The molecule has 0 aromatic carbocycles.